The first-order valence-corrected chi connectivity index (χ1v) is 5.82. The zero-order valence-electron chi connectivity index (χ0n) is 10.4. The fourth-order valence-electron chi connectivity index (χ4n) is 1.82. The van der Waals surface area contributed by atoms with E-state index >= 15 is 0 Å². The molecule has 17 heavy (non-hydrogen) atoms. The summed E-state index contributed by atoms with van der Waals surface area (Å²) in [6, 6.07) is 19.0. The average molecular weight is 226 g/mol. The Hall–Kier alpha value is -1.96. The molecule has 0 unspecified atom stereocenters. The van der Waals surface area contributed by atoms with E-state index in [2.05, 4.69) is 65.8 Å². The molecular weight excluding hydrogens is 208 g/mol. The third kappa shape index (κ3) is 3.00. The number of nitrogens with one attached hydrogen (secondary N) is 1. The van der Waals surface area contributed by atoms with Crippen LogP contribution in [0.3, 0.4) is 0 Å². The molecule has 0 radical (unpaired) electrons. The van der Waals surface area contributed by atoms with Gasteiger partial charge in [0.05, 0.1) is 0 Å². The van der Waals surface area contributed by atoms with Gasteiger partial charge in [-0.25, -0.2) is 0 Å². The van der Waals surface area contributed by atoms with Crippen molar-refractivity contribution < 1.29 is 0 Å². The largest absolute Gasteiger partial charge is 0.388 e. The van der Waals surface area contributed by atoms with E-state index in [1.54, 1.807) is 0 Å². The van der Waals surface area contributed by atoms with Crippen LogP contribution in [0, 0.1) is 0 Å². The molecule has 88 valence electrons. The SMILES string of the molecule is CNc1ccc(CN(C)c2ccccc2)cc1. The van der Waals surface area contributed by atoms with Gasteiger partial charge in [-0.15, -0.1) is 0 Å². The maximum atomic E-state index is 3.13. The number of anilines is 2. The predicted octanol–water partition coefficient (Wildman–Crippen LogP) is 3.36. The average Bonchev–Trinajstić information content (AvgIpc) is 2.40. The van der Waals surface area contributed by atoms with Crippen LogP contribution in [0.2, 0.25) is 0 Å². The van der Waals surface area contributed by atoms with Crippen molar-refractivity contribution in [1.82, 2.24) is 0 Å². The van der Waals surface area contributed by atoms with Gasteiger partial charge in [-0.1, -0.05) is 30.3 Å². The lowest BCUT2D eigenvalue weighted by molar-refractivity contribution is 0.923. The molecule has 0 spiro atoms. The van der Waals surface area contributed by atoms with E-state index in [1.807, 2.05) is 13.1 Å². The molecule has 0 heterocycles. The summed E-state index contributed by atoms with van der Waals surface area (Å²) < 4.78 is 0. The van der Waals surface area contributed by atoms with Gasteiger partial charge in [0.25, 0.3) is 0 Å². The molecule has 2 heteroatoms. The second-order valence-electron chi connectivity index (χ2n) is 4.14. The van der Waals surface area contributed by atoms with Gasteiger partial charge in [-0.3, -0.25) is 0 Å². The monoisotopic (exact) mass is 226 g/mol. The van der Waals surface area contributed by atoms with Gasteiger partial charge in [-0.2, -0.15) is 0 Å². The molecule has 0 bridgehead atoms. The summed E-state index contributed by atoms with van der Waals surface area (Å²) in [5.41, 5.74) is 3.71. The number of hydrogen-bond acceptors (Lipinski definition) is 2. The number of rotatable bonds is 4. The molecular formula is C15H18N2. The van der Waals surface area contributed by atoms with Crippen LogP contribution in [0.1, 0.15) is 5.56 Å². The Balaban J connectivity index is 2.05. The van der Waals surface area contributed by atoms with E-state index in [0.717, 1.165) is 12.2 Å². The molecule has 0 atom stereocenters. The topological polar surface area (TPSA) is 15.3 Å². The van der Waals surface area contributed by atoms with Gasteiger partial charge in [0.1, 0.15) is 0 Å². The maximum absolute atomic E-state index is 3.13. The van der Waals surface area contributed by atoms with Crippen LogP contribution in [0.15, 0.2) is 54.6 Å². The minimum atomic E-state index is 0.925. The van der Waals surface area contributed by atoms with Crippen LogP contribution in [0.25, 0.3) is 0 Å². The lowest BCUT2D eigenvalue weighted by Crippen LogP contribution is -2.15. The third-order valence-corrected chi connectivity index (χ3v) is 2.86. The van der Waals surface area contributed by atoms with E-state index < -0.39 is 0 Å². The molecule has 0 saturated heterocycles. The minimum absolute atomic E-state index is 0.925. The van der Waals surface area contributed by atoms with Gasteiger partial charge < -0.3 is 10.2 Å². The molecule has 0 aromatic heterocycles. The molecule has 2 aromatic rings. The highest BCUT2D eigenvalue weighted by Crippen LogP contribution is 2.16. The van der Waals surface area contributed by atoms with Crippen molar-refractivity contribution in [3.8, 4) is 0 Å². The second kappa shape index (κ2) is 5.39. The Labute approximate surface area is 103 Å². The van der Waals surface area contributed by atoms with Crippen molar-refractivity contribution in [3.05, 3.63) is 60.2 Å². The number of para-hydroxylation sites is 1. The van der Waals surface area contributed by atoms with E-state index in [0.29, 0.717) is 0 Å². The number of hydrogen-bond donors (Lipinski definition) is 1. The summed E-state index contributed by atoms with van der Waals surface area (Å²) in [6.45, 7) is 0.925. The van der Waals surface area contributed by atoms with Crippen molar-refractivity contribution in [2.75, 3.05) is 24.3 Å². The molecule has 2 aromatic carbocycles. The third-order valence-electron chi connectivity index (χ3n) is 2.86. The Kier molecular flexibility index (Phi) is 3.66. The van der Waals surface area contributed by atoms with Crippen molar-refractivity contribution in [2.45, 2.75) is 6.54 Å². The quantitative estimate of drug-likeness (QED) is 0.860. The molecule has 0 aliphatic carbocycles. The number of nitrogens with zero attached hydrogens (tertiary/aromatic N) is 1. The van der Waals surface area contributed by atoms with Gasteiger partial charge in [0.15, 0.2) is 0 Å². The van der Waals surface area contributed by atoms with Gasteiger partial charge in [0, 0.05) is 32.0 Å². The summed E-state index contributed by atoms with van der Waals surface area (Å²) in [7, 11) is 4.05. The van der Waals surface area contributed by atoms with Crippen molar-refractivity contribution in [3.63, 3.8) is 0 Å². The Morgan fingerprint density at radius 2 is 1.59 bits per heavy atom. The summed E-state index contributed by atoms with van der Waals surface area (Å²) in [4.78, 5) is 2.24. The standard InChI is InChI=1S/C15H18N2/c1-16-14-10-8-13(9-11-14)12-17(2)15-6-4-3-5-7-15/h3-11,16H,12H2,1-2H3. The summed E-state index contributed by atoms with van der Waals surface area (Å²) in [5, 5.41) is 3.13. The summed E-state index contributed by atoms with van der Waals surface area (Å²) in [6.07, 6.45) is 0. The fraction of sp³-hybridized carbons (Fsp3) is 0.200. The lowest BCUT2D eigenvalue weighted by atomic mass is 10.2. The van der Waals surface area contributed by atoms with Gasteiger partial charge in [-0.05, 0) is 29.8 Å². The van der Waals surface area contributed by atoms with Crippen LogP contribution >= 0.6 is 0 Å². The smallest absolute Gasteiger partial charge is 0.0426 e. The van der Waals surface area contributed by atoms with Crippen LogP contribution in [0.5, 0.6) is 0 Å². The minimum Gasteiger partial charge on any atom is -0.388 e. The Morgan fingerprint density at radius 1 is 0.941 bits per heavy atom. The second-order valence-corrected chi connectivity index (χ2v) is 4.14. The molecule has 2 rings (SSSR count). The molecule has 0 amide bonds. The Morgan fingerprint density at radius 3 is 2.18 bits per heavy atom. The first kappa shape index (κ1) is 11.5. The lowest BCUT2D eigenvalue weighted by Gasteiger charge is -2.19. The summed E-state index contributed by atoms with van der Waals surface area (Å²) in [5.74, 6) is 0. The van der Waals surface area contributed by atoms with Gasteiger partial charge in [0.2, 0.25) is 0 Å². The van der Waals surface area contributed by atoms with E-state index in [4.69, 9.17) is 0 Å². The molecule has 0 fully saturated rings. The Bertz CT molecular complexity index is 448. The van der Waals surface area contributed by atoms with Crippen LogP contribution < -0.4 is 10.2 Å². The molecule has 1 N–H and O–H groups in total. The first-order valence-electron chi connectivity index (χ1n) is 5.82. The highest BCUT2D eigenvalue weighted by atomic mass is 15.1. The normalized spacial score (nSPS) is 10.0. The van der Waals surface area contributed by atoms with E-state index in [1.165, 1.54) is 11.3 Å². The molecule has 2 nitrogen and oxygen atoms in total. The highest BCUT2D eigenvalue weighted by molar-refractivity contribution is 5.48. The predicted molar refractivity (Wildman–Crippen MR) is 74.5 cm³/mol. The molecule has 0 aliphatic rings. The van der Waals surface area contributed by atoms with Crippen molar-refractivity contribution in [1.29, 1.82) is 0 Å². The van der Waals surface area contributed by atoms with Crippen LogP contribution in [-0.4, -0.2) is 14.1 Å². The molecule has 0 saturated carbocycles. The summed E-state index contributed by atoms with van der Waals surface area (Å²) >= 11 is 0. The van der Waals surface area contributed by atoms with Crippen molar-refractivity contribution in [2.24, 2.45) is 0 Å². The van der Waals surface area contributed by atoms with E-state index in [9.17, 15) is 0 Å². The zero-order chi connectivity index (χ0) is 12.1. The van der Waals surface area contributed by atoms with E-state index in [-0.39, 0.29) is 0 Å². The zero-order valence-corrected chi connectivity index (χ0v) is 10.4. The highest BCUT2D eigenvalue weighted by Gasteiger charge is 2.01. The van der Waals surface area contributed by atoms with Crippen LogP contribution in [0.4, 0.5) is 11.4 Å². The van der Waals surface area contributed by atoms with Gasteiger partial charge >= 0.3 is 0 Å². The number of benzene rings is 2. The molecule has 0 aliphatic heterocycles. The van der Waals surface area contributed by atoms with Crippen LogP contribution in [-0.2, 0) is 6.54 Å². The first-order chi connectivity index (χ1) is 8.29. The maximum Gasteiger partial charge on any atom is 0.0426 e. The fourth-order valence-corrected chi connectivity index (χ4v) is 1.82. The van der Waals surface area contributed by atoms with Crippen molar-refractivity contribution >= 4 is 11.4 Å².